The van der Waals surface area contributed by atoms with Crippen LogP contribution in [0.2, 0.25) is 0 Å². The Morgan fingerprint density at radius 2 is 2.38 bits per heavy atom. The summed E-state index contributed by atoms with van der Waals surface area (Å²) < 4.78 is 12.5. The molecule has 1 radical (unpaired) electrons. The van der Waals surface area contributed by atoms with Crippen LogP contribution in [-0.4, -0.2) is 39.0 Å². The highest BCUT2D eigenvalue weighted by atomic mass is 16.6. The van der Waals surface area contributed by atoms with Gasteiger partial charge in [-0.15, -0.1) is 5.10 Å². The zero-order valence-corrected chi connectivity index (χ0v) is 7.60. The summed E-state index contributed by atoms with van der Waals surface area (Å²) in [6.07, 6.45) is 2.33. The first kappa shape index (κ1) is 8.58. The Morgan fingerprint density at radius 1 is 1.54 bits per heavy atom. The molecule has 1 saturated heterocycles. The Morgan fingerprint density at radius 3 is 2.92 bits per heavy atom. The highest BCUT2D eigenvalue weighted by Crippen LogP contribution is 2.21. The summed E-state index contributed by atoms with van der Waals surface area (Å²) in [5.41, 5.74) is -0.218. The Bertz CT molecular complexity index is 262. The fourth-order valence-corrected chi connectivity index (χ4v) is 1.10. The lowest BCUT2D eigenvalue weighted by atomic mass is 10.1. The van der Waals surface area contributed by atoms with Gasteiger partial charge in [0.1, 0.15) is 0 Å². The minimum atomic E-state index is -0.247. The summed E-state index contributed by atoms with van der Waals surface area (Å²) in [6, 6.07) is 0. The summed E-state index contributed by atoms with van der Waals surface area (Å²) in [5, 5.41) is 10.6. The van der Waals surface area contributed by atoms with E-state index in [2.05, 4.69) is 21.9 Å². The van der Waals surface area contributed by atoms with E-state index in [1.54, 1.807) is 0 Å². The maximum atomic E-state index is 5.54. The molecule has 0 N–H and O–H groups in total. The smallest absolute Gasteiger partial charge is 0.224 e. The lowest BCUT2D eigenvalue weighted by molar-refractivity contribution is -0.202. The van der Waals surface area contributed by atoms with Crippen molar-refractivity contribution in [1.29, 1.82) is 0 Å². The van der Waals surface area contributed by atoms with E-state index in [-0.39, 0.29) is 11.8 Å². The van der Waals surface area contributed by atoms with Gasteiger partial charge in [0.15, 0.2) is 6.23 Å². The fraction of sp³-hybridized carbons (Fsp3) is 0.857. The first-order valence-corrected chi connectivity index (χ1v) is 4.08. The molecule has 0 amide bonds. The second-order valence-electron chi connectivity index (χ2n) is 3.56. The van der Waals surface area contributed by atoms with Crippen LogP contribution in [0.5, 0.6) is 0 Å². The normalized spacial score (nSPS) is 27.4. The average molecular weight is 183 g/mol. The number of hydrogen-bond acceptors (Lipinski definition) is 5. The molecule has 2 heterocycles. The van der Waals surface area contributed by atoms with Gasteiger partial charge < -0.3 is 9.47 Å². The highest BCUT2D eigenvalue weighted by Gasteiger charge is 2.29. The van der Waals surface area contributed by atoms with E-state index >= 15 is 0 Å². The maximum Gasteiger partial charge on any atom is 0.224 e. The lowest BCUT2D eigenvalue weighted by Crippen LogP contribution is -2.40. The molecule has 1 unspecified atom stereocenters. The van der Waals surface area contributed by atoms with Gasteiger partial charge in [-0.3, -0.25) is 0 Å². The maximum absolute atomic E-state index is 5.54. The molecule has 2 rings (SSSR count). The van der Waals surface area contributed by atoms with Gasteiger partial charge in [-0.25, -0.2) is 0 Å². The van der Waals surface area contributed by atoms with Crippen LogP contribution in [0.3, 0.4) is 0 Å². The summed E-state index contributed by atoms with van der Waals surface area (Å²) in [4.78, 5) is 0. The van der Waals surface area contributed by atoms with E-state index in [4.69, 9.17) is 9.47 Å². The average Bonchev–Trinajstić information content (AvgIpc) is 2.56. The molecule has 1 aliphatic heterocycles. The molecule has 71 valence electrons. The van der Waals surface area contributed by atoms with Crippen LogP contribution < -0.4 is 0 Å². The number of ether oxygens (including phenoxy) is 2. The molecule has 0 aromatic carbocycles. The molecule has 1 atom stereocenters. The quantitative estimate of drug-likeness (QED) is 0.603. The van der Waals surface area contributed by atoms with Crippen molar-refractivity contribution in [3.05, 3.63) is 6.33 Å². The van der Waals surface area contributed by atoms with Crippen molar-refractivity contribution < 1.29 is 9.47 Å². The molecule has 0 aliphatic carbocycles. The summed E-state index contributed by atoms with van der Waals surface area (Å²) in [5.74, 6) is 0. The van der Waals surface area contributed by atoms with Gasteiger partial charge in [-0.05, 0) is 24.3 Å². The summed E-state index contributed by atoms with van der Waals surface area (Å²) >= 11 is 0. The van der Waals surface area contributed by atoms with Crippen molar-refractivity contribution >= 4 is 0 Å². The molecule has 1 aromatic rings. The minimum Gasteiger partial charge on any atom is -0.368 e. The molecule has 1 aliphatic rings. The van der Waals surface area contributed by atoms with E-state index in [1.165, 1.54) is 4.68 Å². The monoisotopic (exact) mass is 183 g/mol. The molecule has 0 spiro atoms. The molecular formula is C7H11N4O2. The predicted octanol–water partition coefficient (Wildman–Crippen LogP) is -0.203. The highest BCUT2D eigenvalue weighted by molar-refractivity contribution is 4.73. The molecule has 1 aromatic heterocycles. The van der Waals surface area contributed by atoms with E-state index in [1.807, 2.05) is 13.8 Å². The third kappa shape index (κ3) is 1.84. The van der Waals surface area contributed by atoms with Gasteiger partial charge in [-0.2, -0.15) is 4.68 Å². The number of hydrogen-bond donors (Lipinski definition) is 0. The van der Waals surface area contributed by atoms with Gasteiger partial charge in [-0.1, -0.05) is 0 Å². The molecule has 6 heteroatoms. The molecule has 0 saturated carbocycles. The molecule has 13 heavy (non-hydrogen) atoms. The zero-order chi connectivity index (χ0) is 9.31. The zero-order valence-electron chi connectivity index (χ0n) is 7.60. The molecule has 1 fully saturated rings. The third-order valence-electron chi connectivity index (χ3n) is 1.84. The molecule has 0 bridgehead atoms. The second kappa shape index (κ2) is 3.04. The van der Waals surface area contributed by atoms with E-state index < -0.39 is 0 Å². The number of rotatable bonds is 1. The van der Waals surface area contributed by atoms with Gasteiger partial charge in [0.2, 0.25) is 6.33 Å². The Kier molecular flexibility index (Phi) is 2.01. The van der Waals surface area contributed by atoms with Gasteiger partial charge in [0.25, 0.3) is 0 Å². The minimum absolute atomic E-state index is 0.218. The van der Waals surface area contributed by atoms with Crippen LogP contribution in [0.25, 0.3) is 0 Å². The van der Waals surface area contributed by atoms with Crippen molar-refractivity contribution in [2.75, 3.05) is 13.2 Å². The van der Waals surface area contributed by atoms with Crippen LogP contribution in [-0.2, 0) is 9.47 Å². The van der Waals surface area contributed by atoms with Crippen LogP contribution in [0.15, 0.2) is 0 Å². The van der Waals surface area contributed by atoms with Gasteiger partial charge in [0.05, 0.1) is 18.8 Å². The Labute approximate surface area is 75.8 Å². The van der Waals surface area contributed by atoms with Crippen LogP contribution in [0.4, 0.5) is 0 Å². The SMILES string of the molecule is CC1(C)COC(n2[c]nnn2)CO1. The van der Waals surface area contributed by atoms with Crippen LogP contribution in [0.1, 0.15) is 20.1 Å². The first-order chi connectivity index (χ1) is 6.17. The fourth-order valence-electron chi connectivity index (χ4n) is 1.10. The van der Waals surface area contributed by atoms with Crippen molar-refractivity contribution in [3.8, 4) is 0 Å². The summed E-state index contributed by atoms with van der Waals surface area (Å²) in [7, 11) is 0. The molecular weight excluding hydrogens is 172 g/mol. The van der Waals surface area contributed by atoms with Crippen molar-refractivity contribution in [1.82, 2.24) is 20.2 Å². The Balaban J connectivity index is 1.99. The van der Waals surface area contributed by atoms with Crippen molar-refractivity contribution in [2.45, 2.75) is 25.7 Å². The number of tetrazole rings is 1. The van der Waals surface area contributed by atoms with E-state index in [9.17, 15) is 0 Å². The Hall–Kier alpha value is -1.01. The number of aromatic nitrogens is 4. The summed E-state index contributed by atoms with van der Waals surface area (Å²) in [6.45, 7) is 4.94. The van der Waals surface area contributed by atoms with Crippen LogP contribution in [0, 0.1) is 6.33 Å². The van der Waals surface area contributed by atoms with Crippen LogP contribution >= 0.6 is 0 Å². The third-order valence-corrected chi connectivity index (χ3v) is 1.84. The standard InChI is InChI=1S/C7H11N4O2/c1-7(2)4-12-6(3-13-7)11-5-8-9-10-11/h6H,3-4H2,1-2H3. The number of nitrogens with zero attached hydrogens (tertiary/aromatic N) is 4. The topological polar surface area (TPSA) is 62.1 Å². The lowest BCUT2D eigenvalue weighted by Gasteiger charge is -2.34. The largest absolute Gasteiger partial charge is 0.368 e. The van der Waals surface area contributed by atoms with E-state index in [0.717, 1.165) is 0 Å². The van der Waals surface area contributed by atoms with Crippen molar-refractivity contribution in [3.63, 3.8) is 0 Å². The predicted molar refractivity (Wildman–Crippen MR) is 41.7 cm³/mol. The second-order valence-corrected chi connectivity index (χ2v) is 3.56. The van der Waals surface area contributed by atoms with E-state index in [0.29, 0.717) is 13.2 Å². The van der Waals surface area contributed by atoms with Gasteiger partial charge in [0, 0.05) is 0 Å². The van der Waals surface area contributed by atoms with Gasteiger partial charge >= 0.3 is 0 Å². The first-order valence-electron chi connectivity index (χ1n) is 4.08. The molecule has 6 nitrogen and oxygen atoms in total. The van der Waals surface area contributed by atoms with Crippen molar-refractivity contribution in [2.24, 2.45) is 0 Å².